The van der Waals surface area contributed by atoms with Crippen molar-refractivity contribution in [1.82, 2.24) is 19.7 Å². The maximum atomic E-state index is 12.4. The highest BCUT2D eigenvalue weighted by molar-refractivity contribution is 6.00. The second-order valence-corrected chi connectivity index (χ2v) is 6.87. The van der Waals surface area contributed by atoms with Crippen LogP contribution in [0.5, 0.6) is 23.1 Å². The van der Waals surface area contributed by atoms with Gasteiger partial charge in [0.25, 0.3) is 0 Å². The van der Waals surface area contributed by atoms with Crippen LogP contribution < -0.4 is 24.8 Å². The number of urea groups is 1. The number of ether oxygens (including phenoxy) is 3. The zero-order chi connectivity index (χ0) is 23.2. The molecule has 168 valence electrons. The topological polar surface area (TPSA) is 112 Å². The lowest BCUT2D eigenvalue weighted by molar-refractivity contribution is 0.262. The number of nitrogens with one attached hydrogen (secondary N) is 2. The van der Waals surface area contributed by atoms with Crippen molar-refractivity contribution in [3.63, 3.8) is 0 Å². The number of benzene rings is 2. The summed E-state index contributed by atoms with van der Waals surface area (Å²) in [4.78, 5) is 21.1. The summed E-state index contributed by atoms with van der Waals surface area (Å²) in [6, 6.07) is 15.1. The molecule has 2 amide bonds. The van der Waals surface area contributed by atoms with E-state index >= 15 is 0 Å². The van der Waals surface area contributed by atoms with Crippen molar-refractivity contribution in [2.45, 2.75) is 6.92 Å². The van der Waals surface area contributed by atoms with Crippen molar-refractivity contribution >= 4 is 17.4 Å². The number of rotatable bonds is 7. The summed E-state index contributed by atoms with van der Waals surface area (Å²) in [6.07, 6.45) is 3.46. The van der Waals surface area contributed by atoms with Crippen LogP contribution in [0.4, 0.5) is 16.2 Å². The van der Waals surface area contributed by atoms with E-state index in [1.54, 1.807) is 86.7 Å². The van der Waals surface area contributed by atoms with Crippen molar-refractivity contribution in [2.75, 3.05) is 24.9 Å². The van der Waals surface area contributed by atoms with Crippen molar-refractivity contribution in [3.05, 3.63) is 72.8 Å². The number of anilines is 2. The highest BCUT2D eigenvalue weighted by Crippen LogP contribution is 2.26. The summed E-state index contributed by atoms with van der Waals surface area (Å²) in [5, 5.41) is 9.70. The Morgan fingerprint density at radius 2 is 1.58 bits per heavy atom. The SMILES string of the molecule is COc1cc(NC(=O)Nc2ccc(Oc3cc(-n4cccn4)nc(C)n3)cc2)cc(OC)c1. The number of hydrogen-bond donors (Lipinski definition) is 2. The fourth-order valence-electron chi connectivity index (χ4n) is 3.00. The summed E-state index contributed by atoms with van der Waals surface area (Å²) >= 11 is 0. The van der Waals surface area contributed by atoms with Gasteiger partial charge in [0.05, 0.1) is 14.2 Å². The van der Waals surface area contributed by atoms with E-state index in [2.05, 4.69) is 25.7 Å². The van der Waals surface area contributed by atoms with E-state index in [1.807, 2.05) is 6.07 Å². The van der Waals surface area contributed by atoms with E-state index < -0.39 is 6.03 Å². The normalized spacial score (nSPS) is 10.4. The molecular weight excluding hydrogens is 424 g/mol. The number of aryl methyl sites for hydroxylation is 1. The van der Waals surface area contributed by atoms with Crippen LogP contribution in [-0.4, -0.2) is 40.0 Å². The van der Waals surface area contributed by atoms with Gasteiger partial charge in [0.2, 0.25) is 5.88 Å². The van der Waals surface area contributed by atoms with Crippen molar-refractivity contribution < 1.29 is 19.0 Å². The first-order chi connectivity index (χ1) is 16.0. The average molecular weight is 446 g/mol. The number of hydrogen-bond acceptors (Lipinski definition) is 7. The lowest BCUT2D eigenvalue weighted by Crippen LogP contribution is -2.19. The molecular formula is C23H22N6O4. The minimum Gasteiger partial charge on any atom is -0.497 e. The summed E-state index contributed by atoms with van der Waals surface area (Å²) in [7, 11) is 3.09. The summed E-state index contributed by atoms with van der Waals surface area (Å²) in [6.45, 7) is 1.78. The van der Waals surface area contributed by atoms with E-state index in [4.69, 9.17) is 14.2 Å². The number of amides is 2. The molecule has 10 heteroatoms. The molecule has 0 saturated carbocycles. The van der Waals surface area contributed by atoms with Crippen LogP contribution >= 0.6 is 0 Å². The summed E-state index contributed by atoms with van der Waals surface area (Å²) in [5.41, 5.74) is 1.13. The molecule has 0 aliphatic rings. The molecule has 4 rings (SSSR count). The molecule has 4 aromatic rings. The van der Waals surface area contributed by atoms with Crippen LogP contribution in [0.1, 0.15) is 5.82 Å². The molecule has 2 heterocycles. The van der Waals surface area contributed by atoms with Crippen LogP contribution in [0.15, 0.2) is 67.0 Å². The minimum atomic E-state index is -0.408. The fraction of sp³-hybridized carbons (Fsp3) is 0.130. The molecule has 2 aromatic carbocycles. The Kier molecular flexibility index (Phi) is 6.35. The predicted molar refractivity (Wildman–Crippen MR) is 123 cm³/mol. The predicted octanol–water partition coefficient (Wildman–Crippen LogP) is 4.42. The van der Waals surface area contributed by atoms with Crippen LogP contribution in [0.3, 0.4) is 0 Å². The molecule has 0 bridgehead atoms. The smallest absolute Gasteiger partial charge is 0.323 e. The lowest BCUT2D eigenvalue weighted by atomic mass is 10.2. The molecule has 10 nitrogen and oxygen atoms in total. The monoisotopic (exact) mass is 446 g/mol. The van der Waals surface area contributed by atoms with E-state index in [0.29, 0.717) is 46.1 Å². The first-order valence-corrected chi connectivity index (χ1v) is 9.97. The second kappa shape index (κ2) is 9.69. The van der Waals surface area contributed by atoms with Crippen molar-refractivity contribution in [1.29, 1.82) is 0 Å². The maximum absolute atomic E-state index is 12.4. The Labute approximate surface area is 190 Å². The van der Waals surface area contributed by atoms with E-state index in [0.717, 1.165) is 0 Å². The molecule has 0 atom stereocenters. The molecule has 2 aromatic heterocycles. The van der Waals surface area contributed by atoms with Crippen LogP contribution in [0.25, 0.3) is 5.82 Å². The zero-order valence-electron chi connectivity index (χ0n) is 18.3. The van der Waals surface area contributed by atoms with Crippen molar-refractivity contribution in [3.8, 4) is 28.9 Å². The Morgan fingerprint density at radius 1 is 0.879 bits per heavy atom. The molecule has 33 heavy (non-hydrogen) atoms. The maximum Gasteiger partial charge on any atom is 0.323 e. The van der Waals surface area contributed by atoms with Crippen molar-refractivity contribution in [2.24, 2.45) is 0 Å². The molecule has 0 saturated heterocycles. The van der Waals surface area contributed by atoms with Gasteiger partial charge in [-0.05, 0) is 37.3 Å². The van der Waals surface area contributed by atoms with Gasteiger partial charge in [-0.15, -0.1) is 0 Å². The van der Waals surface area contributed by atoms with Gasteiger partial charge in [0.1, 0.15) is 23.1 Å². The van der Waals surface area contributed by atoms with E-state index in [1.165, 1.54) is 0 Å². The van der Waals surface area contributed by atoms with Crippen LogP contribution in [-0.2, 0) is 0 Å². The quantitative estimate of drug-likeness (QED) is 0.432. The molecule has 0 aliphatic heterocycles. The first kappa shape index (κ1) is 21.6. The van der Waals surface area contributed by atoms with Gasteiger partial charge in [0, 0.05) is 48.0 Å². The first-order valence-electron chi connectivity index (χ1n) is 9.97. The third kappa shape index (κ3) is 5.56. The largest absolute Gasteiger partial charge is 0.497 e. The number of aromatic nitrogens is 4. The Bertz CT molecular complexity index is 1220. The van der Waals surface area contributed by atoms with Gasteiger partial charge >= 0.3 is 6.03 Å². The Hall–Kier alpha value is -4.60. The molecule has 2 N–H and O–H groups in total. The van der Waals surface area contributed by atoms with Gasteiger partial charge in [-0.1, -0.05) is 0 Å². The summed E-state index contributed by atoms with van der Waals surface area (Å²) < 4.78 is 17.9. The average Bonchev–Trinajstić information content (AvgIpc) is 3.35. The lowest BCUT2D eigenvalue weighted by Gasteiger charge is -2.11. The molecule has 0 fully saturated rings. The van der Waals surface area contributed by atoms with Gasteiger partial charge in [-0.2, -0.15) is 10.1 Å². The van der Waals surface area contributed by atoms with Gasteiger partial charge < -0.3 is 24.8 Å². The fourth-order valence-corrected chi connectivity index (χ4v) is 3.00. The standard InChI is InChI=1S/C23H22N6O4/c1-15-25-21(29-10-4-9-24-29)14-22(26-15)33-18-7-5-16(6-8-18)27-23(30)28-17-11-19(31-2)13-20(12-17)32-3/h4-14H,1-3H3,(H2,27,28,30). The summed E-state index contributed by atoms with van der Waals surface area (Å²) in [5.74, 6) is 3.25. The number of nitrogens with zero attached hydrogens (tertiary/aromatic N) is 4. The van der Waals surface area contributed by atoms with Crippen LogP contribution in [0.2, 0.25) is 0 Å². The van der Waals surface area contributed by atoms with Crippen LogP contribution in [0, 0.1) is 6.92 Å². The highest BCUT2D eigenvalue weighted by Gasteiger charge is 2.09. The zero-order valence-corrected chi connectivity index (χ0v) is 18.3. The highest BCUT2D eigenvalue weighted by atomic mass is 16.5. The minimum absolute atomic E-state index is 0.387. The van der Waals surface area contributed by atoms with Gasteiger partial charge in [0.15, 0.2) is 5.82 Å². The Balaban J connectivity index is 1.40. The van der Waals surface area contributed by atoms with Gasteiger partial charge in [-0.3, -0.25) is 0 Å². The Morgan fingerprint density at radius 3 is 2.21 bits per heavy atom. The molecule has 0 spiro atoms. The van der Waals surface area contributed by atoms with E-state index in [9.17, 15) is 4.79 Å². The molecule has 0 aliphatic carbocycles. The second-order valence-electron chi connectivity index (χ2n) is 6.87. The number of carbonyl (C=O) groups is 1. The number of methoxy groups -OCH3 is 2. The third-order valence-electron chi connectivity index (χ3n) is 4.48. The van der Waals surface area contributed by atoms with E-state index in [-0.39, 0.29) is 0 Å². The number of carbonyl (C=O) groups excluding carboxylic acids is 1. The molecule has 0 radical (unpaired) electrons. The van der Waals surface area contributed by atoms with Gasteiger partial charge in [-0.25, -0.2) is 14.5 Å². The third-order valence-corrected chi connectivity index (χ3v) is 4.48. The molecule has 0 unspecified atom stereocenters.